The van der Waals surface area contributed by atoms with Gasteiger partial charge in [-0.15, -0.1) is 0 Å². The number of carbonyl (C=O) groups excluding carboxylic acids is 2. The molecule has 5 nitrogen and oxygen atoms in total. The molecule has 0 saturated carbocycles. The van der Waals surface area contributed by atoms with Crippen molar-refractivity contribution in [1.29, 1.82) is 0 Å². The van der Waals surface area contributed by atoms with Crippen LogP contribution in [0.5, 0.6) is 11.5 Å². The summed E-state index contributed by atoms with van der Waals surface area (Å²) < 4.78 is 11.2. The number of nitrogens with zero attached hydrogens (tertiary/aromatic N) is 1. The van der Waals surface area contributed by atoms with Crippen LogP contribution in [0.4, 0.5) is 4.79 Å². The minimum absolute atomic E-state index is 0.209. The van der Waals surface area contributed by atoms with Crippen LogP contribution in [0.15, 0.2) is 47.4 Å². The van der Waals surface area contributed by atoms with Gasteiger partial charge < -0.3 is 9.47 Å². The Morgan fingerprint density at radius 1 is 1.04 bits per heavy atom. The lowest BCUT2D eigenvalue weighted by atomic mass is 10.1. The zero-order chi connectivity index (χ0) is 20.1. The van der Waals surface area contributed by atoms with E-state index in [0.29, 0.717) is 34.6 Å². The molecule has 1 heterocycles. The lowest BCUT2D eigenvalue weighted by Crippen LogP contribution is -2.27. The van der Waals surface area contributed by atoms with Crippen molar-refractivity contribution in [3.8, 4) is 11.5 Å². The first-order valence-corrected chi connectivity index (χ1v) is 10.1. The van der Waals surface area contributed by atoms with Gasteiger partial charge in [0, 0.05) is 16.7 Å². The van der Waals surface area contributed by atoms with Gasteiger partial charge >= 0.3 is 0 Å². The highest BCUT2D eigenvalue weighted by atomic mass is 35.5. The van der Waals surface area contributed by atoms with Gasteiger partial charge in [0.05, 0.1) is 24.7 Å². The molecule has 0 N–H and O–H groups in total. The molecule has 0 aromatic heterocycles. The summed E-state index contributed by atoms with van der Waals surface area (Å²) >= 11 is 6.81. The molecule has 146 valence electrons. The number of rotatable bonds is 7. The van der Waals surface area contributed by atoms with Crippen LogP contribution in [-0.2, 0) is 11.3 Å². The van der Waals surface area contributed by atoms with Gasteiger partial charge in [0.1, 0.15) is 11.5 Å². The third-order valence-electron chi connectivity index (χ3n) is 4.01. The molecular weight excluding hydrogens is 398 g/mol. The molecule has 3 rings (SSSR count). The molecule has 1 aliphatic rings. The number of ether oxygens (including phenoxy) is 2. The van der Waals surface area contributed by atoms with Gasteiger partial charge in [-0.3, -0.25) is 14.5 Å². The maximum atomic E-state index is 12.8. The fourth-order valence-corrected chi connectivity index (χ4v) is 3.68. The SMILES string of the molecule is CCOc1ccc(C=C2SC(=O)N(Cc3ccc(Cl)cc3)C2=O)c(OCC)c1. The van der Waals surface area contributed by atoms with E-state index in [9.17, 15) is 9.59 Å². The van der Waals surface area contributed by atoms with Crippen molar-refractivity contribution in [2.24, 2.45) is 0 Å². The van der Waals surface area contributed by atoms with Gasteiger partial charge in [-0.05, 0) is 61.5 Å². The van der Waals surface area contributed by atoms with Crippen LogP contribution in [-0.4, -0.2) is 29.3 Å². The predicted molar refractivity (Wildman–Crippen MR) is 112 cm³/mol. The number of imide groups is 1. The second-order valence-corrected chi connectivity index (χ2v) is 7.39. The average molecular weight is 418 g/mol. The summed E-state index contributed by atoms with van der Waals surface area (Å²) in [6.07, 6.45) is 1.69. The highest BCUT2D eigenvalue weighted by Gasteiger charge is 2.35. The van der Waals surface area contributed by atoms with Crippen LogP contribution in [0.3, 0.4) is 0 Å². The zero-order valence-electron chi connectivity index (χ0n) is 15.6. The zero-order valence-corrected chi connectivity index (χ0v) is 17.2. The highest BCUT2D eigenvalue weighted by molar-refractivity contribution is 8.18. The lowest BCUT2D eigenvalue weighted by molar-refractivity contribution is -0.123. The summed E-state index contributed by atoms with van der Waals surface area (Å²) in [7, 11) is 0. The first-order valence-electron chi connectivity index (χ1n) is 8.91. The number of hydrogen-bond acceptors (Lipinski definition) is 5. The molecule has 1 fully saturated rings. The maximum Gasteiger partial charge on any atom is 0.293 e. The summed E-state index contributed by atoms with van der Waals surface area (Å²) in [5.74, 6) is 0.984. The Labute approximate surface area is 173 Å². The molecule has 7 heteroatoms. The normalized spacial score (nSPS) is 15.4. The lowest BCUT2D eigenvalue weighted by Gasteiger charge is -2.12. The second kappa shape index (κ2) is 9.17. The number of amides is 2. The minimum atomic E-state index is -0.318. The molecule has 2 aromatic carbocycles. The first kappa shape index (κ1) is 20.3. The largest absolute Gasteiger partial charge is 0.494 e. The van der Waals surface area contributed by atoms with E-state index in [2.05, 4.69) is 0 Å². The van der Waals surface area contributed by atoms with Gasteiger partial charge in [-0.25, -0.2) is 0 Å². The van der Waals surface area contributed by atoms with Gasteiger partial charge in [0.25, 0.3) is 11.1 Å². The van der Waals surface area contributed by atoms with Crippen LogP contribution in [0.1, 0.15) is 25.0 Å². The fraction of sp³-hybridized carbons (Fsp3) is 0.238. The third kappa shape index (κ3) is 4.69. The minimum Gasteiger partial charge on any atom is -0.494 e. The maximum absolute atomic E-state index is 12.8. The smallest absolute Gasteiger partial charge is 0.293 e. The Bertz CT molecular complexity index is 911. The van der Waals surface area contributed by atoms with Crippen molar-refractivity contribution < 1.29 is 19.1 Å². The van der Waals surface area contributed by atoms with Crippen LogP contribution < -0.4 is 9.47 Å². The number of benzene rings is 2. The predicted octanol–water partition coefficient (Wildman–Crippen LogP) is 5.37. The van der Waals surface area contributed by atoms with E-state index < -0.39 is 0 Å². The molecule has 0 bridgehead atoms. The summed E-state index contributed by atoms with van der Waals surface area (Å²) in [5, 5.41) is 0.312. The molecule has 2 amide bonds. The number of thioether (sulfide) groups is 1. The topological polar surface area (TPSA) is 55.8 Å². The molecule has 0 spiro atoms. The first-order chi connectivity index (χ1) is 13.5. The van der Waals surface area contributed by atoms with Crippen LogP contribution in [0.2, 0.25) is 5.02 Å². The van der Waals surface area contributed by atoms with E-state index in [0.717, 1.165) is 22.9 Å². The number of halogens is 1. The highest BCUT2D eigenvalue weighted by Crippen LogP contribution is 2.36. The van der Waals surface area contributed by atoms with E-state index in [-0.39, 0.29) is 17.7 Å². The number of hydrogen-bond donors (Lipinski definition) is 0. The van der Waals surface area contributed by atoms with E-state index >= 15 is 0 Å². The quantitative estimate of drug-likeness (QED) is 0.566. The summed E-state index contributed by atoms with van der Waals surface area (Å²) in [6.45, 7) is 5.03. The van der Waals surface area contributed by atoms with E-state index in [1.54, 1.807) is 36.4 Å². The van der Waals surface area contributed by atoms with Crippen molar-refractivity contribution in [3.05, 3.63) is 63.5 Å². The average Bonchev–Trinajstić information content (AvgIpc) is 2.93. The Hall–Kier alpha value is -2.44. The standard InChI is InChI=1S/C21H20ClNO4S/c1-3-26-17-10-7-15(18(12-17)27-4-2)11-19-20(24)23(21(25)28-19)13-14-5-8-16(22)9-6-14/h5-12H,3-4,13H2,1-2H3. The van der Waals surface area contributed by atoms with Crippen LogP contribution >= 0.6 is 23.4 Å². The molecule has 1 saturated heterocycles. The number of carbonyl (C=O) groups is 2. The molecule has 0 aliphatic carbocycles. The Kier molecular flexibility index (Phi) is 6.65. The third-order valence-corrected chi connectivity index (χ3v) is 5.17. The summed E-state index contributed by atoms with van der Waals surface area (Å²) in [4.78, 5) is 26.7. The van der Waals surface area contributed by atoms with Gasteiger partial charge in [-0.2, -0.15) is 0 Å². The monoisotopic (exact) mass is 417 g/mol. The van der Waals surface area contributed by atoms with Crippen molar-refractivity contribution >= 4 is 40.6 Å². The molecule has 28 heavy (non-hydrogen) atoms. The van der Waals surface area contributed by atoms with Gasteiger partial charge in [0.15, 0.2) is 0 Å². The van der Waals surface area contributed by atoms with E-state index in [4.69, 9.17) is 21.1 Å². The van der Waals surface area contributed by atoms with Crippen LogP contribution in [0, 0.1) is 0 Å². The van der Waals surface area contributed by atoms with Crippen molar-refractivity contribution in [2.75, 3.05) is 13.2 Å². The van der Waals surface area contributed by atoms with Crippen LogP contribution in [0.25, 0.3) is 6.08 Å². The Morgan fingerprint density at radius 2 is 1.75 bits per heavy atom. The van der Waals surface area contributed by atoms with E-state index in [1.807, 2.05) is 26.0 Å². The molecule has 1 aliphatic heterocycles. The molecular formula is C21H20ClNO4S. The molecule has 0 unspecified atom stereocenters. The van der Waals surface area contributed by atoms with Crippen molar-refractivity contribution in [3.63, 3.8) is 0 Å². The summed E-state index contributed by atoms with van der Waals surface area (Å²) in [5.41, 5.74) is 1.56. The summed E-state index contributed by atoms with van der Waals surface area (Å²) in [6, 6.07) is 12.5. The molecule has 0 atom stereocenters. The molecule has 0 radical (unpaired) electrons. The molecule has 2 aromatic rings. The van der Waals surface area contributed by atoms with E-state index in [1.165, 1.54) is 4.90 Å². The van der Waals surface area contributed by atoms with Gasteiger partial charge in [0.2, 0.25) is 0 Å². The Morgan fingerprint density at radius 3 is 2.43 bits per heavy atom. The van der Waals surface area contributed by atoms with Gasteiger partial charge in [-0.1, -0.05) is 23.7 Å². The fourth-order valence-electron chi connectivity index (χ4n) is 2.72. The van der Waals surface area contributed by atoms with Crippen molar-refractivity contribution in [1.82, 2.24) is 4.90 Å². The Balaban J connectivity index is 1.83. The van der Waals surface area contributed by atoms with Crippen molar-refractivity contribution in [2.45, 2.75) is 20.4 Å². The second-order valence-electron chi connectivity index (χ2n) is 5.96.